The lowest BCUT2D eigenvalue weighted by Crippen LogP contribution is -2.34. The Labute approximate surface area is 136 Å². The molecule has 2 rings (SSSR count). The Hall–Kier alpha value is -1.47. The highest BCUT2D eigenvalue weighted by Crippen LogP contribution is 2.15. The topological polar surface area (TPSA) is 75.3 Å². The summed E-state index contributed by atoms with van der Waals surface area (Å²) >= 11 is 0. The van der Waals surface area contributed by atoms with Crippen molar-refractivity contribution in [2.24, 2.45) is 11.8 Å². The molecule has 1 amide bonds. The fourth-order valence-electron chi connectivity index (χ4n) is 2.68. The van der Waals surface area contributed by atoms with Gasteiger partial charge in [0.1, 0.15) is 5.82 Å². The van der Waals surface area contributed by atoms with Crippen LogP contribution in [0, 0.1) is 17.7 Å². The van der Waals surface area contributed by atoms with E-state index in [9.17, 15) is 17.6 Å². The first-order chi connectivity index (χ1) is 10.9. The molecule has 1 aliphatic heterocycles. The zero-order valence-electron chi connectivity index (χ0n) is 13.2. The van der Waals surface area contributed by atoms with Gasteiger partial charge in [-0.25, -0.2) is 12.8 Å². The molecule has 23 heavy (non-hydrogen) atoms. The van der Waals surface area contributed by atoms with Gasteiger partial charge in [-0.1, -0.05) is 6.92 Å². The van der Waals surface area contributed by atoms with E-state index in [2.05, 4.69) is 10.6 Å². The van der Waals surface area contributed by atoms with Gasteiger partial charge >= 0.3 is 0 Å². The highest BCUT2D eigenvalue weighted by atomic mass is 32.2. The number of rotatable bonds is 7. The van der Waals surface area contributed by atoms with E-state index in [0.717, 1.165) is 38.1 Å². The SMILES string of the molecule is CC(CS(=O)(=O)c1ccc(F)cc1)C(=O)NCCC1CCNC1. The summed E-state index contributed by atoms with van der Waals surface area (Å²) in [7, 11) is -3.60. The average Bonchev–Trinajstić information content (AvgIpc) is 3.00. The van der Waals surface area contributed by atoms with Gasteiger partial charge in [-0.2, -0.15) is 0 Å². The number of hydrogen-bond donors (Lipinski definition) is 2. The van der Waals surface area contributed by atoms with Crippen LogP contribution in [0.3, 0.4) is 0 Å². The summed E-state index contributed by atoms with van der Waals surface area (Å²) in [6, 6.07) is 4.66. The molecule has 1 fully saturated rings. The van der Waals surface area contributed by atoms with Crippen LogP contribution in [0.1, 0.15) is 19.8 Å². The monoisotopic (exact) mass is 342 g/mol. The van der Waals surface area contributed by atoms with Crippen molar-refractivity contribution in [3.05, 3.63) is 30.1 Å². The van der Waals surface area contributed by atoms with Gasteiger partial charge < -0.3 is 10.6 Å². The first-order valence-electron chi connectivity index (χ1n) is 7.85. The quantitative estimate of drug-likeness (QED) is 0.734. The number of halogens is 1. The van der Waals surface area contributed by atoms with Crippen molar-refractivity contribution in [3.8, 4) is 0 Å². The predicted molar refractivity (Wildman–Crippen MR) is 86.2 cm³/mol. The minimum absolute atomic E-state index is 0.0376. The number of hydrogen-bond acceptors (Lipinski definition) is 4. The fraction of sp³-hybridized carbons (Fsp3) is 0.562. The van der Waals surface area contributed by atoms with Gasteiger partial charge in [-0.05, 0) is 56.1 Å². The molecule has 1 aromatic rings. The van der Waals surface area contributed by atoms with Gasteiger partial charge in [0.2, 0.25) is 5.91 Å². The molecule has 0 saturated carbocycles. The Balaban J connectivity index is 1.83. The summed E-state index contributed by atoms with van der Waals surface area (Å²) < 4.78 is 37.3. The van der Waals surface area contributed by atoms with Gasteiger partial charge in [0.25, 0.3) is 0 Å². The molecule has 1 saturated heterocycles. The zero-order chi connectivity index (χ0) is 16.9. The maximum absolute atomic E-state index is 12.9. The molecule has 0 spiro atoms. The molecule has 5 nitrogen and oxygen atoms in total. The van der Waals surface area contributed by atoms with E-state index in [1.165, 1.54) is 12.1 Å². The summed E-state index contributed by atoms with van der Waals surface area (Å²) in [5, 5.41) is 6.07. The Bertz CT molecular complexity index is 625. The van der Waals surface area contributed by atoms with Crippen LogP contribution >= 0.6 is 0 Å². The predicted octanol–water partition coefficient (Wildman–Crippen LogP) is 1.35. The molecule has 0 aliphatic carbocycles. The van der Waals surface area contributed by atoms with E-state index in [4.69, 9.17) is 0 Å². The lowest BCUT2D eigenvalue weighted by Gasteiger charge is -2.14. The van der Waals surface area contributed by atoms with E-state index >= 15 is 0 Å². The molecule has 1 aliphatic rings. The van der Waals surface area contributed by atoms with Crippen molar-refractivity contribution in [1.29, 1.82) is 0 Å². The maximum atomic E-state index is 12.9. The number of benzene rings is 1. The highest BCUT2D eigenvalue weighted by Gasteiger charge is 2.23. The van der Waals surface area contributed by atoms with Crippen molar-refractivity contribution in [1.82, 2.24) is 10.6 Å². The van der Waals surface area contributed by atoms with Gasteiger partial charge in [0, 0.05) is 12.5 Å². The number of sulfone groups is 1. The summed E-state index contributed by atoms with van der Waals surface area (Å²) in [5.74, 6) is -1.10. The molecule has 128 valence electrons. The normalized spacial score (nSPS) is 19.5. The third kappa shape index (κ3) is 5.28. The molecule has 1 heterocycles. The first-order valence-corrected chi connectivity index (χ1v) is 9.50. The second-order valence-corrected chi connectivity index (χ2v) is 8.11. The van der Waals surface area contributed by atoms with Crippen LogP contribution in [0.25, 0.3) is 0 Å². The summed E-state index contributed by atoms with van der Waals surface area (Å²) in [4.78, 5) is 12.1. The molecule has 0 radical (unpaired) electrons. The van der Waals surface area contributed by atoms with Crippen LogP contribution in [0.2, 0.25) is 0 Å². The summed E-state index contributed by atoms with van der Waals surface area (Å²) in [5.41, 5.74) is 0. The third-order valence-electron chi connectivity index (χ3n) is 4.10. The maximum Gasteiger partial charge on any atom is 0.223 e. The number of carbonyl (C=O) groups is 1. The third-order valence-corrected chi connectivity index (χ3v) is 6.03. The minimum atomic E-state index is -3.60. The summed E-state index contributed by atoms with van der Waals surface area (Å²) in [6.07, 6.45) is 2.01. The second-order valence-electron chi connectivity index (χ2n) is 6.07. The lowest BCUT2D eigenvalue weighted by molar-refractivity contribution is -0.123. The van der Waals surface area contributed by atoms with Gasteiger partial charge in [-0.3, -0.25) is 4.79 Å². The van der Waals surface area contributed by atoms with Crippen molar-refractivity contribution in [2.45, 2.75) is 24.7 Å². The van der Waals surface area contributed by atoms with Crippen LogP contribution in [0.4, 0.5) is 4.39 Å². The summed E-state index contributed by atoms with van der Waals surface area (Å²) in [6.45, 7) is 4.15. The van der Waals surface area contributed by atoms with Crippen LogP contribution in [-0.2, 0) is 14.6 Å². The van der Waals surface area contributed by atoms with Crippen molar-refractivity contribution < 1.29 is 17.6 Å². The smallest absolute Gasteiger partial charge is 0.223 e. The lowest BCUT2D eigenvalue weighted by atomic mass is 10.1. The Morgan fingerprint density at radius 2 is 2.09 bits per heavy atom. The van der Waals surface area contributed by atoms with Gasteiger partial charge in [0.05, 0.1) is 10.6 Å². The van der Waals surface area contributed by atoms with Crippen LogP contribution < -0.4 is 10.6 Å². The molecule has 2 atom stereocenters. The zero-order valence-corrected chi connectivity index (χ0v) is 14.0. The number of carbonyl (C=O) groups excluding carboxylic acids is 1. The average molecular weight is 342 g/mol. The highest BCUT2D eigenvalue weighted by molar-refractivity contribution is 7.91. The largest absolute Gasteiger partial charge is 0.356 e. The Kier molecular flexibility index (Phi) is 6.12. The minimum Gasteiger partial charge on any atom is -0.356 e. The van der Waals surface area contributed by atoms with Crippen LogP contribution in [-0.4, -0.2) is 39.7 Å². The van der Waals surface area contributed by atoms with E-state index in [1.54, 1.807) is 6.92 Å². The molecule has 0 bridgehead atoms. The molecule has 0 aromatic heterocycles. The van der Waals surface area contributed by atoms with Crippen molar-refractivity contribution >= 4 is 15.7 Å². The van der Waals surface area contributed by atoms with Gasteiger partial charge in [0.15, 0.2) is 9.84 Å². The Morgan fingerprint density at radius 1 is 1.39 bits per heavy atom. The van der Waals surface area contributed by atoms with Crippen LogP contribution in [0.15, 0.2) is 29.2 Å². The van der Waals surface area contributed by atoms with E-state index < -0.39 is 21.6 Å². The molecule has 2 N–H and O–H groups in total. The number of nitrogens with one attached hydrogen (secondary N) is 2. The van der Waals surface area contributed by atoms with Crippen LogP contribution in [0.5, 0.6) is 0 Å². The first kappa shape index (κ1) is 17.9. The number of amides is 1. The Morgan fingerprint density at radius 3 is 2.70 bits per heavy atom. The molecule has 2 unspecified atom stereocenters. The molecule has 1 aromatic carbocycles. The van der Waals surface area contributed by atoms with E-state index in [1.807, 2.05) is 0 Å². The van der Waals surface area contributed by atoms with Crippen molar-refractivity contribution in [2.75, 3.05) is 25.4 Å². The van der Waals surface area contributed by atoms with Gasteiger partial charge in [-0.15, -0.1) is 0 Å². The van der Waals surface area contributed by atoms with E-state index in [-0.39, 0.29) is 16.6 Å². The molecule has 7 heteroatoms. The second kappa shape index (κ2) is 7.88. The standard InChI is InChI=1S/C16H23FN2O3S/c1-12(16(20)19-9-7-13-6-8-18-10-13)11-23(21,22)15-4-2-14(17)3-5-15/h2-5,12-13,18H,6-11H2,1H3,(H,19,20). The fourth-order valence-corrected chi connectivity index (χ4v) is 4.23. The molecular weight excluding hydrogens is 319 g/mol. The van der Waals surface area contributed by atoms with E-state index in [0.29, 0.717) is 12.5 Å². The van der Waals surface area contributed by atoms with Crippen molar-refractivity contribution in [3.63, 3.8) is 0 Å². The molecular formula is C16H23FN2O3S.